The van der Waals surface area contributed by atoms with Crippen LogP contribution in [-0.2, 0) is 5.41 Å². The van der Waals surface area contributed by atoms with Crippen molar-refractivity contribution in [1.82, 2.24) is 0 Å². The Morgan fingerprint density at radius 3 is 1.83 bits per heavy atom. The molecule has 1 aromatic carbocycles. The van der Waals surface area contributed by atoms with Crippen LogP contribution >= 0.6 is 0 Å². The van der Waals surface area contributed by atoms with Gasteiger partial charge >= 0.3 is 0 Å². The van der Waals surface area contributed by atoms with E-state index in [1.807, 2.05) is 12.1 Å². The van der Waals surface area contributed by atoms with Gasteiger partial charge in [0.1, 0.15) is 5.75 Å². The van der Waals surface area contributed by atoms with Gasteiger partial charge in [-0.3, -0.25) is 0 Å². The van der Waals surface area contributed by atoms with Gasteiger partial charge in [0.2, 0.25) is 0 Å². The van der Waals surface area contributed by atoms with E-state index in [2.05, 4.69) is 32.9 Å². The third kappa shape index (κ3) is 2.00. The topological polar surface area (TPSA) is 9.23 Å². The van der Waals surface area contributed by atoms with E-state index in [4.69, 9.17) is 4.74 Å². The zero-order valence-corrected chi connectivity index (χ0v) is 8.22. The largest absolute Gasteiger partial charge is 0.497 e. The van der Waals surface area contributed by atoms with Gasteiger partial charge in [-0.2, -0.15) is 0 Å². The minimum Gasteiger partial charge on any atom is -0.497 e. The van der Waals surface area contributed by atoms with Crippen molar-refractivity contribution in [3.63, 3.8) is 0 Å². The third-order valence-electron chi connectivity index (χ3n) is 1.96. The fraction of sp³-hybridized carbons (Fsp3) is 0.455. The van der Waals surface area contributed by atoms with Crippen molar-refractivity contribution in [3.8, 4) is 5.75 Å². The Labute approximate surface area is 74.4 Å². The molecule has 0 fully saturated rings. The Bertz CT molecular complexity index is 241. The number of hydrogen-bond donors (Lipinski definition) is 0. The number of rotatable bonds is 1. The average molecular weight is 164 g/mol. The fourth-order valence-electron chi connectivity index (χ4n) is 1.09. The average Bonchev–Trinajstić information content (AvgIpc) is 2.03. The van der Waals surface area contributed by atoms with Crippen LogP contribution in [0.2, 0.25) is 0 Å². The van der Waals surface area contributed by atoms with E-state index in [9.17, 15) is 0 Å². The molecule has 66 valence electrons. The predicted molar refractivity (Wildman–Crippen MR) is 51.7 cm³/mol. The molecule has 12 heavy (non-hydrogen) atoms. The van der Waals surface area contributed by atoms with E-state index in [1.54, 1.807) is 7.11 Å². The maximum atomic E-state index is 5.08. The highest BCUT2D eigenvalue weighted by molar-refractivity contribution is 5.30. The van der Waals surface area contributed by atoms with Gasteiger partial charge < -0.3 is 4.74 Å². The molecule has 0 amide bonds. The van der Waals surface area contributed by atoms with Gasteiger partial charge in [0.25, 0.3) is 0 Å². The molecule has 1 nitrogen and oxygen atoms in total. The first-order chi connectivity index (χ1) is 5.54. The Morgan fingerprint density at radius 1 is 1.00 bits per heavy atom. The highest BCUT2D eigenvalue weighted by Crippen LogP contribution is 2.23. The molecule has 1 heteroatoms. The maximum Gasteiger partial charge on any atom is 0.118 e. The third-order valence-corrected chi connectivity index (χ3v) is 1.96. The van der Waals surface area contributed by atoms with Crippen LogP contribution in [0, 0.1) is 0 Å². The normalized spacial score (nSPS) is 11.3. The minimum atomic E-state index is 0.228. The molecule has 0 aliphatic carbocycles. The minimum absolute atomic E-state index is 0.228. The summed E-state index contributed by atoms with van der Waals surface area (Å²) < 4.78 is 5.08. The van der Waals surface area contributed by atoms with Crippen LogP contribution in [0.25, 0.3) is 0 Å². The number of hydrogen-bond acceptors (Lipinski definition) is 1. The molecule has 0 heterocycles. The van der Waals surface area contributed by atoms with Crippen molar-refractivity contribution >= 4 is 0 Å². The first kappa shape index (κ1) is 9.11. The molecule has 1 aromatic rings. The summed E-state index contributed by atoms with van der Waals surface area (Å²) in [5, 5.41) is 0. The lowest BCUT2D eigenvalue weighted by atomic mass is 9.87. The molecule has 0 saturated carbocycles. The number of ether oxygens (including phenoxy) is 1. The zero-order valence-electron chi connectivity index (χ0n) is 8.22. The molecule has 0 atom stereocenters. The van der Waals surface area contributed by atoms with Gasteiger partial charge in [-0.15, -0.1) is 0 Å². The monoisotopic (exact) mass is 164 g/mol. The van der Waals surface area contributed by atoms with Gasteiger partial charge in [-0.05, 0) is 23.1 Å². The van der Waals surface area contributed by atoms with Gasteiger partial charge in [-0.25, -0.2) is 0 Å². The van der Waals surface area contributed by atoms with Crippen molar-refractivity contribution in [1.29, 1.82) is 0 Å². The zero-order chi connectivity index (χ0) is 9.19. The van der Waals surface area contributed by atoms with Crippen molar-refractivity contribution in [2.24, 2.45) is 0 Å². The second-order valence-corrected chi connectivity index (χ2v) is 3.98. The molecular weight excluding hydrogens is 148 g/mol. The number of methoxy groups -OCH3 is 1. The van der Waals surface area contributed by atoms with Crippen LogP contribution < -0.4 is 4.74 Å². The Morgan fingerprint density at radius 2 is 1.50 bits per heavy atom. The SMILES string of the molecule is COc1ccc(C(C)(C)C)cc1. The second kappa shape index (κ2) is 3.18. The predicted octanol–water partition coefficient (Wildman–Crippen LogP) is 2.99. The molecule has 0 aromatic heterocycles. The van der Waals surface area contributed by atoms with Crippen molar-refractivity contribution < 1.29 is 4.74 Å². The molecule has 0 aliphatic heterocycles. The molecule has 0 spiro atoms. The standard InChI is InChI=1S/C11H16O/c1-11(2,3)9-5-7-10(12-4)8-6-9/h5-8H,1-4H3. The summed E-state index contributed by atoms with van der Waals surface area (Å²) in [6.07, 6.45) is 0. The molecule has 0 unspecified atom stereocenters. The highest BCUT2D eigenvalue weighted by atomic mass is 16.5. The number of benzene rings is 1. The molecule has 1 rings (SSSR count). The van der Waals surface area contributed by atoms with Crippen LogP contribution in [0.15, 0.2) is 24.3 Å². The first-order valence-corrected chi connectivity index (χ1v) is 4.18. The summed E-state index contributed by atoms with van der Waals surface area (Å²) in [4.78, 5) is 0. The molecule has 0 radical (unpaired) electrons. The first-order valence-electron chi connectivity index (χ1n) is 4.18. The van der Waals surface area contributed by atoms with Crippen LogP contribution in [-0.4, -0.2) is 7.11 Å². The summed E-state index contributed by atoms with van der Waals surface area (Å²) in [7, 11) is 1.69. The lowest BCUT2D eigenvalue weighted by Gasteiger charge is -2.18. The highest BCUT2D eigenvalue weighted by Gasteiger charge is 2.12. The van der Waals surface area contributed by atoms with Gasteiger partial charge in [0, 0.05) is 0 Å². The Kier molecular flexibility index (Phi) is 2.41. The second-order valence-electron chi connectivity index (χ2n) is 3.98. The quantitative estimate of drug-likeness (QED) is 0.620. The van der Waals surface area contributed by atoms with Crippen LogP contribution in [0.3, 0.4) is 0 Å². The van der Waals surface area contributed by atoms with Crippen LogP contribution in [0.1, 0.15) is 26.3 Å². The van der Waals surface area contributed by atoms with Crippen molar-refractivity contribution in [2.45, 2.75) is 26.2 Å². The fourth-order valence-corrected chi connectivity index (χ4v) is 1.09. The van der Waals surface area contributed by atoms with E-state index in [0.29, 0.717) is 0 Å². The van der Waals surface area contributed by atoms with E-state index < -0.39 is 0 Å². The Balaban J connectivity index is 2.93. The summed E-state index contributed by atoms with van der Waals surface area (Å²) in [6, 6.07) is 8.22. The lowest BCUT2D eigenvalue weighted by Crippen LogP contribution is -2.10. The van der Waals surface area contributed by atoms with E-state index >= 15 is 0 Å². The van der Waals surface area contributed by atoms with Gasteiger partial charge in [-0.1, -0.05) is 32.9 Å². The summed E-state index contributed by atoms with van der Waals surface area (Å²) in [5.41, 5.74) is 1.56. The van der Waals surface area contributed by atoms with Gasteiger partial charge in [0.15, 0.2) is 0 Å². The van der Waals surface area contributed by atoms with Crippen molar-refractivity contribution in [2.75, 3.05) is 7.11 Å². The van der Waals surface area contributed by atoms with Crippen LogP contribution in [0.5, 0.6) is 5.75 Å². The summed E-state index contributed by atoms with van der Waals surface area (Å²) in [5.74, 6) is 0.919. The molecule has 0 saturated heterocycles. The Hall–Kier alpha value is -0.980. The summed E-state index contributed by atoms with van der Waals surface area (Å²) in [6.45, 7) is 6.61. The van der Waals surface area contributed by atoms with E-state index in [-0.39, 0.29) is 5.41 Å². The van der Waals surface area contributed by atoms with E-state index in [0.717, 1.165) is 5.75 Å². The molecular formula is C11H16O. The smallest absolute Gasteiger partial charge is 0.118 e. The van der Waals surface area contributed by atoms with E-state index in [1.165, 1.54) is 5.56 Å². The molecule has 0 bridgehead atoms. The summed E-state index contributed by atoms with van der Waals surface area (Å²) >= 11 is 0. The molecule has 0 aliphatic rings. The van der Waals surface area contributed by atoms with Crippen LogP contribution in [0.4, 0.5) is 0 Å². The van der Waals surface area contributed by atoms with Gasteiger partial charge in [0.05, 0.1) is 7.11 Å². The maximum absolute atomic E-state index is 5.08. The molecule has 0 N–H and O–H groups in total. The lowest BCUT2D eigenvalue weighted by molar-refractivity contribution is 0.414. The van der Waals surface area contributed by atoms with Crippen molar-refractivity contribution in [3.05, 3.63) is 29.8 Å².